The van der Waals surface area contributed by atoms with Crippen LogP contribution in [0.15, 0.2) is 0 Å². The SMILES string of the molecule is C[As](C)(=O)C[C@H]1OC(OC[C@H](O)CS(=O)(=O)O)C(O)[C@H]1O. The Morgan fingerprint density at radius 3 is 2.33 bits per heavy atom. The summed E-state index contributed by atoms with van der Waals surface area (Å²) in [6, 6.07) is 0. The van der Waals surface area contributed by atoms with Crippen molar-refractivity contribution in [2.24, 2.45) is 0 Å². The molecule has 0 aromatic carbocycles. The van der Waals surface area contributed by atoms with Crippen LogP contribution in [0.25, 0.3) is 0 Å². The second-order valence-corrected chi connectivity index (χ2v) is 14.4. The Kier molecular flexibility index (Phi) is 6.46. The third kappa shape index (κ3) is 6.79. The Morgan fingerprint density at radius 2 is 1.86 bits per heavy atom. The second kappa shape index (κ2) is 7.10. The molecular weight excluding hydrogens is 371 g/mol. The van der Waals surface area contributed by atoms with Crippen molar-refractivity contribution in [1.29, 1.82) is 0 Å². The molecule has 0 aromatic heterocycles. The van der Waals surface area contributed by atoms with E-state index in [9.17, 15) is 27.5 Å². The van der Waals surface area contributed by atoms with Crippen LogP contribution in [-0.2, 0) is 23.3 Å². The Morgan fingerprint density at radius 1 is 1.29 bits per heavy atom. The van der Waals surface area contributed by atoms with E-state index in [0.29, 0.717) is 0 Å². The summed E-state index contributed by atoms with van der Waals surface area (Å²) in [4.78, 5) is 0. The third-order valence-corrected chi connectivity index (χ3v) is 6.20. The molecule has 0 amide bonds. The van der Waals surface area contributed by atoms with Crippen LogP contribution >= 0.6 is 0 Å². The number of aliphatic hydroxyl groups excluding tert-OH is 3. The van der Waals surface area contributed by atoms with Gasteiger partial charge in [-0.05, 0) is 0 Å². The summed E-state index contributed by atoms with van der Waals surface area (Å²) >= 11 is -3.09. The zero-order valence-corrected chi connectivity index (χ0v) is 14.4. The third-order valence-electron chi connectivity index (χ3n) is 2.79. The molecule has 1 fully saturated rings. The molecule has 4 N–H and O–H groups in total. The van der Waals surface area contributed by atoms with Crippen molar-refractivity contribution in [3.05, 3.63) is 0 Å². The average molecular weight is 392 g/mol. The van der Waals surface area contributed by atoms with E-state index >= 15 is 0 Å². The zero-order chi connectivity index (χ0) is 16.4. The molecule has 11 heteroatoms. The van der Waals surface area contributed by atoms with Gasteiger partial charge in [0, 0.05) is 0 Å². The minimum absolute atomic E-state index is 0.115. The second-order valence-electron chi connectivity index (χ2n) is 5.52. The summed E-state index contributed by atoms with van der Waals surface area (Å²) < 4.78 is 51.7. The molecule has 0 radical (unpaired) electrons. The molecule has 0 spiro atoms. The monoisotopic (exact) mass is 392 g/mol. The van der Waals surface area contributed by atoms with E-state index in [1.165, 1.54) is 0 Å². The normalized spacial score (nSPS) is 32.3. The topological polar surface area (TPSA) is 151 Å². The summed E-state index contributed by atoms with van der Waals surface area (Å²) in [6.45, 7) is -0.512. The van der Waals surface area contributed by atoms with Gasteiger partial charge in [0.15, 0.2) is 0 Å². The minimum atomic E-state index is -4.35. The Labute approximate surface area is 125 Å². The summed E-state index contributed by atoms with van der Waals surface area (Å²) in [5, 5.41) is 29.0. The van der Waals surface area contributed by atoms with Gasteiger partial charge in [-0.3, -0.25) is 0 Å². The Bertz CT molecular complexity index is 487. The van der Waals surface area contributed by atoms with Gasteiger partial charge in [0.2, 0.25) is 0 Å². The summed E-state index contributed by atoms with van der Waals surface area (Å²) in [6.07, 6.45) is -6.27. The van der Waals surface area contributed by atoms with Gasteiger partial charge in [-0.15, -0.1) is 0 Å². The molecular formula is C10H21AsO9S. The molecule has 1 rings (SSSR count). The predicted octanol–water partition coefficient (Wildman–Crippen LogP) is -1.67. The first-order chi connectivity index (χ1) is 9.39. The average Bonchev–Trinajstić information content (AvgIpc) is 2.50. The van der Waals surface area contributed by atoms with Crippen LogP contribution < -0.4 is 0 Å². The van der Waals surface area contributed by atoms with E-state index in [-0.39, 0.29) is 5.21 Å². The van der Waals surface area contributed by atoms with Crippen molar-refractivity contribution in [3.63, 3.8) is 0 Å². The molecule has 1 aliphatic heterocycles. The first kappa shape index (κ1) is 19.1. The van der Waals surface area contributed by atoms with Gasteiger partial charge < -0.3 is 0 Å². The molecule has 1 heterocycles. The molecule has 126 valence electrons. The Hall–Kier alpha value is 0.0684. The van der Waals surface area contributed by atoms with E-state index in [1.54, 1.807) is 11.4 Å². The van der Waals surface area contributed by atoms with Crippen molar-refractivity contribution in [2.75, 3.05) is 12.4 Å². The van der Waals surface area contributed by atoms with E-state index in [1.807, 2.05) is 0 Å². The van der Waals surface area contributed by atoms with Crippen LogP contribution in [0.5, 0.6) is 0 Å². The fourth-order valence-electron chi connectivity index (χ4n) is 1.93. The predicted molar refractivity (Wildman–Crippen MR) is 72.0 cm³/mol. The fourth-order valence-corrected chi connectivity index (χ4v) is 4.97. The van der Waals surface area contributed by atoms with Crippen molar-refractivity contribution in [1.82, 2.24) is 0 Å². The number of hydrogen-bond acceptors (Lipinski definition) is 8. The van der Waals surface area contributed by atoms with Crippen LogP contribution in [0.2, 0.25) is 16.6 Å². The number of aliphatic hydroxyl groups is 3. The van der Waals surface area contributed by atoms with Gasteiger partial charge in [-0.1, -0.05) is 0 Å². The maximum atomic E-state index is 11.8. The van der Waals surface area contributed by atoms with Crippen LogP contribution in [-0.4, -0.2) is 84.8 Å². The molecule has 1 saturated heterocycles. The van der Waals surface area contributed by atoms with Gasteiger partial charge in [0.25, 0.3) is 0 Å². The van der Waals surface area contributed by atoms with Gasteiger partial charge in [-0.25, -0.2) is 0 Å². The first-order valence-corrected chi connectivity index (χ1v) is 13.6. The van der Waals surface area contributed by atoms with E-state index < -0.39 is 66.7 Å². The summed E-state index contributed by atoms with van der Waals surface area (Å²) in [7, 11) is -4.35. The molecule has 21 heavy (non-hydrogen) atoms. The molecule has 9 nitrogen and oxygen atoms in total. The van der Waals surface area contributed by atoms with Gasteiger partial charge >= 0.3 is 125 Å². The van der Waals surface area contributed by atoms with Crippen molar-refractivity contribution in [3.8, 4) is 0 Å². The zero-order valence-electron chi connectivity index (χ0n) is 11.7. The van der Waals surface area contributed by atoms with Crippen LogP contribution in [0.4, 0.5) is 0 Å². The van der Waals surface area contributed by atoms with Crippen molar-refractivity contribution in [2.45, 2.75) is 47.3 Å². The molecule has 0 saturated carbocycles. The van der Waals surface area contributed by atoms with Gasteiger partial charge in [0.1, 0.15) is 0 Å². The molecule has 0 aromatic rings. The van der Waals surface area contributed by atoms with Gasteiger partial charge in [-0.2, -0.15) is 0 Å². The van der Waals surface area contributed by atoms with E-state index in [0.717, 1.165) is 0 Å². The Balaban J connectivity index is 2.52. The molecule has 0 aliphatic carbocycles. The van der Waals surface area contributed by atoms with Crippen LogP contribution in [0, 0.1) is 0 Å². The molecule has 0 bridgehead atoms. The van der Waals surface area contributed by atoms with Crippen molar-refractivity contribution < 1.29 is 41.5 Å². The molecule has 5 atom stereocenters. The first-order valence-electron chi connectivity index (χ1n) is 6.19. The van der Waals surface area contributed by atoms with E-state index in [2.05, 4.69) is 0 Å². The van der Waals surface area contributed by atoms with Crippen molar-refractivity contribution >= 4 is 23.6 Å². The summed E-state index contributed by atoms with van der Waals surface area (Å²) in [5.41, 5.74) is 3.15. The van der Waals surface area contributed by atoms with Crippen LogP contribution in [0.1, 0.15) is 0 Å². The molecule has 2 unspecified atom stereocenters. The maximum absolute atomic E-state index is 11.8. The quantitative estimate of drug-likeness (QED) is 0.295. The van der Waals surface area contributed by atoms with E-state index in [4.69, 9.17) is 14.0 Å². The number of hydrogen-bond donors (Lipinski definition) is 4. The standard InChI is InChI=1S/C10H21AsO9S/c1-11(2,15)3-7-8(13)9(14)10(20-7)19-4-6(12)5-21(16,17)18/h6-10,12-14H,3-5H2,1-2H3,(H,16,17,18)/t6-,7+,8-,9?,10?/m0/s1. The summed E-state index contributed by atoms with van der Waals surface area (Å²) in [5.74, 6) is -0.913. The van der Waals surface area contributed by atoms with Crippen LogP contribution in [0.3, 0.4) is 0 Å². The number of ether oxygens (including phenoxy) is 2. The fraction of sp³-hybridized carbons (Fsp3) is 1.00. The van der Waals surface area contributed by atoms with Gasteiger partial charge in [0.05, 0.1) is 0 Å². The number of rotatable bonds is 7. The molecule has 1 aliphatic rings.